The summed E-state index contributed by atoms with van der Waals surface area (Å²) in [6.07, 6.45) is 2.83. The number of hydrogen-bond acceptors (Lipinski definition) is 4. The summed E-state index contributed by atoms with van der Waals surface area (Å²) in [5.41, 5.74) is 2.08. The van der Waals surface area contributed by atoms with Gasteiger partial charge in [0.25, 0.3) is 0 Å². The van der Waals surface area contributed by atoms with Gasteiger partial charge in [-0.3, -0.25) is 4.90 Å². The predicted molar refractivity (Wildman–Crippen MR) is 125 cm³/mol. The van der Waals surface area contributed by atoms with Crippen molar-refractivity contribution in [3.63, 3.8) is 0 Å². The molecule has 1 aliphatic heterocycles. The summed E-state index contributed by atoms with van der Waals surface area (Å²) in [6.45, 7) is 7.03. The first-order chi connectivity index (χ1) is 14.4. The van der Waals surface area contributed by atoms with Crippen LogP contribution in [-0.2, 0) is 14.8 Å². The van der Waals surface area contributed by atoms with Crippen LogP contribution in [-0.4, -0.2) is 63.6 Å². The van der Waals surface area contributed by atoms with Gasteiger partial charge in [0.2, 0.25) is 10.0 Å². The molecule has 0 unspecified atom stereocenters. The fraction of sp³-hybridized carbons (Fsp3) is 0.391. The van der Waals surface area contributed by atoms with Gasteiger partial charge in [-0.25, -0.2) is 8.42 Å². The quantitative estimate of drug-likeness (QED) is 0.524. The van der Waals surface area contributed by atoms with E-state index in [2.05, 4.69) is 20.8 Å². The Bertz CT molecular complexity index is 925. The molecule has 0 radical (unpaired) electrons. The molecule has 1 heterocycles. The van der Waals surface area contributed by atoms with Crippen molar-refractivity contribution in [2.45, 2.75) is 18.2 Å². The van der Waals surface area contributed by atoms with Gasteiger partial charge in [0, 0.05) is 30.7 Å². The lowest BCUT2D eigenvalue weighted by Gasteiger charge is -2.28. The van der Waals surface area contributed by atoms with E-state index in [0.29, 0.717) is 18.0 Å². The molecule has 5 nitrogen and oxygen atoms in total. The molecule has 0 saturated carbocycles. The van der Waals surface area contributed by atoms with Gasteiger partial charge >= 0.3 is 0 Å². The van der Waals surface area contributed by atoms with Gasteiger partial charge < -0.3 is 4.74 Å². The average Bonchev–Trinajstić information content (AvgIpc) is 2.75. The van der Waals surface area contributed by atoms with Crippen LogP contribution in [0.1, 0.15) is 18.9 Å². The van der Waals surface area contributed by atoms with Crippen molar-refractivity contribution in [3.8, 4) is 0 Å². The summed E-state index contributed by atoms with van der Waals surface area (Å²) < 4.78 is 34.6. The first kappa shape index (κ1) is 23.2. The molecule has 1 aliphatic rings. The fourth-order valence-electron chi connectivity index (χ4n) is 3.49. The molecule has 0 amide bonds. The van der Waals surface area contributed by atoms with E-state index < -0.39 is 10.0 Å². The van der Waals surface area contributed by atoms with Crippen LogP contribution in [0.3, 0.4) is 0 Å². The molecule has 0 bridgehead atoms. The Kier molecular flexibility index (Phi) is 8.65. The lowest BCUT2D eigenvalue weighted by Crippen LogP contribution is -2.39. The number of morpholine rings is 1. The highest BCUT2D eigenvalue weighted by atomic mass is 79.9. The van der Waals surface area contributed by atoms with Crippen molar-refractivity contribution in [1.29, 1.82) is 0 Å². The van der Waals surface area contributed by atoms with Crippen molar-refractivity contribution in [2.75, 3.05) is 45.9 Å². The molecule has 0 aromatic heterocycles. The zero-order chi connectivity index (χ0) is 21.4. The highest BCUT2D eigenvalue weighted by Crippen LogP contribution is 2.21. The van der Waals surface area contributed by atoms with E-state index in [1.807, 2.05) is 43.3 Å². The molecule has 162 valence electrons. The van der Waals surface area contributed by atoms with E-state index in [9.17, 15) is 8.42 Å². The van der Waals surface area contributed by atoms with Gasteiger partial charge in [0.1, 0.15) is 0 Å². The maximum Gasteiger partial charge on any atom is 0.243 e. The van der Waals surface area contributed by atoms with Crippen LogP contribution in [0.2, 0.25) is 0 Å². The van der Waals surface area contributed by atoms with E-state index in [4.69, 9.17) is 4.74 Å². The Morgan fingerprint density at radius 3 is 2.43 bits per heavy atom. The zero-order valence-electron chi connectivity index (χ0n) is 17.3. The average molecular weight is 493 g/mol. The number of benzene rings is 2. The summed E-state index contributed by atoms with van der Waals surface area (Å²) in [6, 6.07) is 16.8. The summed E-state index contributed by atoms with van der Waals surface area (Å²) in [5.74, 6) is 0. The number of halogens is 1. The van der Waals surface area contributed by atoms with Crippen LogP contribution in [0, 0.1) is 0 Å². The van der Waals surface area contributed by atoms with E-state index in [0.717, 1.165) is 54.9 Å². The molecular formula is C23H29BrN2O3S. The van der Waals surface area contributed by atoms with Crippen molar-refractivity contribution in [3.05, 3.63) is 70.2 Å². The van der Waals surface area contributed by atoms with E-state index in [-0.39, 0.29) is 0 Å². The standard InChI is InChI=1S/C23H29BrN2O3S/c1-20(18-21-6-3-2-4-7-21)19-26(13-5-12-25-14-16-29-17-15-25)30(27,28)23-10-8-22(24)9-11-23/h2-4,6-11,18H,5,12-17,19H2,1H3/b20-18+. The monoisotopic (exact) mass is 492 g/mol. The van der Waals surface area contributed by atoms with Crippen LogP contribution in [0.4, 0.5) is 0 Å². The Labute approximate surface area is 188 Å². The van der Waals surface area contributed by atoms with Crippen molar-refractivity contribution < 1.29 is 13.2 Å². The summed E-state index contributed by atoms with van der Waals surface area (Å²) in [4.78, 5) is 2.66. The fourth-order valence-corrected chi connectivity index (χ4v) is 5.28. The van der Waals surface area contributed by atoms with Crippen LogP contribution in [0.15, 0.2) is 69.5 Å². The molecule has 0 atom stereocenters. The maximum absolute atomic E-state index is 13.4. The third-order valence-electron chi connectivity index (χ3n) is 5.08. The molecule has 0 N–H and O–H groups in total. The maximum atomic E-state index is 13.4. The third kappa shape index (κ3) is 6.75. The minimum absolute atomic E-state index is 0.324. The number of sulfonamides is 1. The highest BCUT2D eigenvalue weighted by Gasteiger charge is 2.24. The lowest BCUT2D eigenvalue weighted by atomic mass is 10.1. The first-order valence-electron chi connectivity index (χ1n) is 10.2. The van der Waals surface area contributed by atoms with Gasteiger partial charge in [-0.15, -0.1) is 0 Å². The van der Waals surface area contributed by atoms with Crippen LogP contribution in [0.25, 0.3) is 6.08 Å². The minimum Gasteiger partial charge on any atom is -0.379 e. The van der Waals surface area contributed by atoms with E-state index >= 15 is 0 Å². The lowest BCUT2D eigenvalue weighted by molar-refractivity contribution is 0.0369. The Morgan fingerprint density at radius 2 is 1.77 bits per heavy atom. The van der Waals surface area contributed by atoms with Crippen molar-refractivity contribution >= 4 is 32.0 Å². The second-order valence-electron chi connectivity index (χ2n) is 7.50. The SMILES string of the molecule is C/C(=C\c1ccccc1)CN(CCCN1CCOCC1)S(=O)(=O)c1ccc(Br)cc1. The van der Waals surface area contributed by atoms with Crippen LogP contribution < -0.4 is 0 Å². The Balaban J connectivity index is 1.74. The van der Waals surface area contributed by atoms with Crippen LogP contribution in [0.5, 0.6) is 0 Å². The molecule has 2 aromatic rings. The van der Waals surface area contributed by atoms with Gasteiger partial charge in [0.15, 0.2) is 0 Å². The first-order valence-corrected chi connectivity index (χ1v) is 12.5. The van der Waals surface area contributed by atoms with Gasteiger partial charge in [-0.05, 0) is 49.7 Å². The molecule has 1 fully saturated rings. The molecule has 3 rings (SSSR count). The van der Waals surface area contributed by atoms with Crippen LogP contribution >= 0.6 is 15.9 Å². The molecule has 2 aromatic carbocycles. The predicted octanol–water partition coefficient (Wildman–Crippen LogP) is 4.27. The minimum atomic E-state index is -3.58. The van der Waals surface area contributed by atoms with Crippen molar-refractivity contribution in [2.24, 2.45) is 0 Å². The van der Waals surface area contributed by atoms with Crippen molar-refractivity contribution in [1.82, 2.24) is 9.21 Å². The number of ether oxygens (including phenoxy) is 1. The smallest absolute Gasteiger partial charge is 0.243 e. The second-order valence-corrected chi connectivity index (χ2v) is 10.4. The molecule has 0 spiro atoms. The Morgan fingerprint density at radius 1 is 1.10 bits per heavy atom. The number of rotatable bonds is 9. The molecule has 7 heteroatoms. The molecule has 0 aliphatic carbocycles. The van der Waals surface area contributed by atoms with E-state index in [1.165, 1.54) is 0 Å². The third-order valence-corrected chi connectivity index (χ3v) is 7.46. The molecular weight excluding hydrogens is 464 g/mol. The normalized spacial score (nSPS) is 16.2. The van der Waals surface area contributed by atoms with Gasteiger partial charge in [0.05, 0.1) is 18.1 Å². The van der Waals surface area contributed by atoms with Gasteiger partial charge in [-0.2, -0.15) is 4.31 Å². The number of hydrogen-bond donors (Lipinski definition) is 0. The van der Waals surface area contributed by atoms with E-state index in [1.54, 1.807) is 28.6 Å². The number of nitrogens with zero attached hydrogens (tertiary/aromatic N) is 2. The zero-order valence-corrected chi connectivity index (χ0v) is 19.7. The highest BCUT2D eigenvalue weighted by molar-refractivity contribution is 9.10. The molecule has 30 heavy (non-hydrogen) atoms. The Hall–Kier alpha value is -1.51. The second kappa shape index (κ2) is 11.2. The topological polar surface area (TPSA) is 49.9 Å². The summed E-state index contributed by atoms with van der Waals surface area (Å²) in [7, 11) is -3.58. The summed E-state index contributed by atoms with van der Waals surface area (Å²) >= 11 is 3.38. The van der Waals surface area contributed by atoms with Gasteiger partial charge in [-0.1, -0.05) is 57.9 Å². The summed E-state index contributed by atoms with van der Waals surface area (Å²) in [5, 5.41) is 0. The molecule has 1 saturated heterocycles. The largest absolute Gasteiger partial charge is 0.379 e.